The molecule has 2 heterocycles. The minimum Gasteiger partial charge on any atom is -0.333 e. The number of benzene rings is 1. The van der Waals surface area contributed by atoms with E-state index >= 15 is 0 Å². The molecule has 2 aromatic heterocycles. The first kappa shape index (κ1) is 15.5. The zero-order valence-electron chi connectivity index (χ0n) is 13.3. The average molecular weight is 326 g/mol. The van der Waals surface area contributed by atoms with Crippen LogP contribution in [0.15, 0.2) is 41.8 Å². The Morgan fingerprint density at radius 3 is 2.43 bits per heavy atom. The van der Waals surface area contributed by atoms with Crippen LogP contribution in [0.1, 0.15) is 47.7 Å². The zero-order chi connectivity index (χ0) is 16.6. The molecule has 3 aromatic rings. The van der Waals surface area contributed by atoms with Crippen LogP contribution < -0.4 is 5.32 Å². The van der Waals surface area contributed by atoms with Gasteiger partial charge in [0.05, 0.1) is 10.2 Å². The zero-order valence-corrected chi connectivity index (χ0v) is 14.1. The molecular weight excluding hydrogens is 308 g/mol. The summed E-state index contributed by atoms with van der Waals surface area (Å²) in [5.41, 5.74) is 3.05. The lowest BCUT2D eigenvalue weighted by atomic mass is 10.1. The Morgan fingerprint density at radius 2 is 1.83 bits per heavy atom. The normalized spacial score (nSPS) is 11.1. The van der Waals surface area contributed by atoms with Crippen molar-refractivity contribution in [1.29, 1.82) is 0 Å². The Hall–Kier alpha value is -2.40. The summed E-state index contributed by atoms with van der Waals surface area (Å²) in [6.45, 7) is 5.65. The first-order chi connectivity index (χ1) is 11.0. The van der Waals surface area contributed by atoms with E-state index in [1.54, 1.807) is 35.6 Å². The number of hydrogen-bond donors (Lipinski definition) is 1. The molecule has 0 atom stereocenters. The monoisotopic (exact) mass is 326 g/mol. The maximum atomic E-state index is 12.6. The smallest absolute Gasteiger partial charge is 0.272 e. The standard InChI is InChI=1S/C18H18N2O2S/c1-11(2)20-15-8-9-23-17(15)10-16(20)18(22)19-14-6-4-13(5-7-14)12(3)21/h4-11H,1-3H3,(H,19,22). The molecule has 0 fully saturated rings. The highest BCUT2D eigenvalue weighted by Crippen LogP contribution is 2.28. The summed E-state index contributed by atoms with van der Waals surface area (Å²) in [4.78, 5) is 23.9. The van der Waals surface area contributed by atoms with Crippen LogP contribution in [0.25, 0.3) is 10.2 Å². The molecule has 0 aliphatic rings. The number of thiophene rings is 1. The van der Waals surface area contributed by atoms with Crippen molar-refractivity contribution >= 4 is 38.9 Å². The molecule has 0 aliphatic carbocycles. The Balaban J connectivity index is 1.90. The minimum atomic E-state index is -0.141. The third kappa shape index (κ3) is 2.92. The maximum Gasteiger partial charge on any atom is 0.272 e. The SMILES string of the molecule is CC(=O)c1ccc(NC(=O)c2cc3sccc3n2C(C)C)cc1. The number of carbonyl (C=O) groups is 2. The van der Waals surface area contributed by atoms with Gasteiger partial charge >= 0.3 is 0 Å². The van der Waals surface area contributed by atoms with Crippen LogP contribution in [0, 0.1) is 0 Å². The van der Waals surface area contributed by atoms with Crippen LogP contribution >= 0.6 is 11.3 Å². The van der Waals surface area contributed by atoms with E-state index in [-0.39, 0.29) is 17.7 Å². The molecule has 0 unspecified atom stereocenters. The van der Waals surface area contributed by atoms with E-state index < -0.39 is 0 Å². The lowest BCUT2D eigenvalue weighted by molar-refractivity contribution is 0.101. The molecule has 0 radical (unpaired) electrons. The summed E-state index contributed by atoms with van der Waals surface area (Å²) in [6.07, 6.45) is 0. The van der Waals surface area contributed by atoms with Gasteiger partial charge in [-0.05, 0) is 62.5 Å². The number of carbonyl (C=O) groups excluding carboxylic acids is 2. The van der Waals surface area contributed by atoms with Gasteiger partial charge in [-0.1, -0.05) is 0 Å². The van der Waals surface area contributed by atoms with Gasteiger partial charge in [0, 0.05) is 17.3 Å². The van der Waals surface area contributed by atoms with Crippen molar-refractivity contribution in [3.8, 4) is 0 Å². The second-order valence-electron chi connectivity index (χ2n) is 5.75. The summed E-state index contributed by atoms with van der Waals surface area (Å²) >= 11 is 1.63. The van der Waals surface area contributed by atoms with Crippen molar-refractivity contribution in [2.45, 2.75) is 26.8 Å². The van der Waals surface area contributed by atoms with Crippen molar-refractivity contribution in [1.82, 2.24) is 4.57 Å². The molecule has 5 heteroatoms. The number of Topliss-reactive ketones (excluding diaryl/α,β-unsaturated/α-hetero) is 1. The van der Waals surface area contributed by atoms with Gasteiger partial charge in [-0.25, -0.2) is 0 Å². The van der Waals surface area contributed by atoms with Crippen molar-refractivity contribution in [2.75, 3.05) is 5.32 Å². The Bertz CT molecular complexity index is 872. The van der Waals surface area contributed by atoms with E-state index in [1.807, 2.05) is 22.1 Å². The lowest BCUT2D eigenvalue weighted by Crippen LogP contribution is -2.18. The van der Waals surface area contributed by atoms with Crippen molar-refractivity contribution in [3.05, 3.63) is 53.0 Å². The molecule has 1 amide bonds. The number of anilines is 1. The summed E-state index contributed by atoms with van der Waals surface area (Å²) < 4.78 is 3.15. The highest BCUT2D eigenvalue weighted by molar-refractivity contribution is 7.17. The molecule has 4 nitrogen and oxygen atoms in total. The average Bonchev–Trinajstić information content (AvgIpc) is 3.07. The molecule has 0 spiro atoms. The number of rotatable bonds is 4. The number of hydrogen-bond acceptors (Lipinski definition) is 3. The molecule has 0 aliphatic heterocycles. The largest absolute Gasteiger partial charge is 0.333 e. The number of amides is 1. The van der Waals surface area contributed by atoms with Gasteiger partial charge in [0.2, 0.25) is 0 Å². The molecule has 0 saturated heterocycles. The van der Waals surface area contributed by atoms with E-state index in [4.69, 9.17) is 0 Å². The first-order valence-electron chi connectivity index (χ1n) is 7.48. The third-order valence-corrected chi connectivity index (χ3v) is 4.61. The second-order valence-corrected chi connectivity index (χ2v) is 6.70. The molecule has 23 heavy (non-hydrogen) atoms. The number of nitrogens with zero attached hydrogens (tertiary/aromatic N) is 1. The summed E-state index contributed by atoms with van der Waals surface area (Å²) in [5, 5.41) is 4.94. The van der Waals surface area contributed by atoms with Crippen LogP contribution in [0.3, 0.4) is 0 Å². The fourth-order valence-corrected chi connectivity index (χ4v) is 3.47. The molecule has 0 saturated carbocycles. The minimum absolute atomic E-state index is 0.0109. The van der Waals surface area contributed by atoms with Crippen LogP contribution in [0.2, 0.25) is 0 Å². The van der Waals surface area contributed by atoms with Gasteiger partial charge in [0.25, 0.3) is 5.91 Å². The van der Waals surface area contributed by atoms with Gasteiger partial charge < -0.3 is 9.88 Å². The quantitative estimate of drug-likeness (QED) is 0.704. The molecule has 118 valence electrons. The van der Waals surface area contributed by atoms with E-state index in [1.165, 1.54) is 6.92 Å². The lowest BCUT2D eigenvalue weighted by Gasteiger charge is -2.14. The Kier molecular flexibility index (Phi) is 4.05. The Morgan fingerprint density at radius 1 is 1.13 bits per heavy atom. The van der Waals surface area contributed by atoms with Gasteiger partial charge in [0.15, 0.2) is 5.78 Å². The molecule has 1 aromatic carbocycles. The predicted molar refractivity (Wildman–Crippen MR) is 94.6 cm³/mol. The summed E-state index contributed by atoms with van der Waals surface area (Å²) in [7, 11) is 0. The van der Waals surface area contributed by atoms with Gasteiger partial charge in [-0.15, -0.1) is 11.3 Å². The number of fused-ring (bicyclic) bond motifs is 1. The highest BCUT2D eigenvalue weighted by atomic mass is 32.1. The van der Waals surface area contributed by atoms with E-state index in [9.17, 15) is 9.59 Å². The van der Waals surface area contributed by atoms with Crippen LogP contribution in [0.4, 0.5) is 5.69 Å². The van der Waals surface area contributed by atoms with Crippen LogP contribution in [-0.4, -0.2) is 16.3 Å². The van der Waals surface area contributed by atoms with Crippen LogP contribution in [-0.2, 0) is 0 Å². The van der Waals surface area contributed by atoms with Gasteiger partial charge in [-0.2, -0.15) is 0 Å². The second kappa shape index (κ2) is 6.01. The van der Waals surface area contributed by atoms with Gasteiger partial charge in [-0.3, -0.25) is 9.59 Å². The van der Waals surface area contributed by atoms with Crippen molar-refractivity contribution in [3.63, 3.8) is 0 Å². The first-order valence-corrected chi connectivity index (χ1v) is 8.36. The fraction of sp³-hybridized carbons (Fsp3) is 0.222. The van der Waals surface area contributed by atoms with Crippen LogP contribution in [0.5, 0.6) is 0 Å². The molecular formula is C18H18N2O2S. The van der Waals surface area contributed by atoms with Crippen molar-refractivity contribution in [2.24, 2.45) is 0 Å². The maximum absolute atomic E-state index is 12.6. The van der Waals surface area contributed by atoms with Gasteiger partial charge in [0.1, 0.15) is 5.69 Å². The van der Waals surface area contributed by atoms with E-state index in [0.29, 0.717) is 16.9 Å². The van der Waals surface area contributed by atoms with E-state index in [2.05, 4.69) is 19.2 Å². The number of ketones is 1. The van der Waals surface area contributed by atoms with E-state index in [0.717, 1.165) is 10.2 Å². The number of nitrogens with one attached hydrogen (secondary N) is 1. The number of aromatic nitrogens is 1. The molecule has 1 N–H and O–H groups in total. The third-order valence-electron chi connectivity index (χ3n) is 3.76. The summed E-state index contributed by atoms with van der Waals surface area (Å²) in [5.74, 6) is -0.130. The van der Waals surface area contributed by atoms with Crippen molar-refractivity contribution < 1.29 is 9.59 Å². The topological polar surface area (TPSA) is 51.1 Å². The highest BCUT2D eigenvalue weighted by Gasteiger charge is 2.18. The molecule has 3 rings (SSSR count). The molecule has 0 bridgehead atoms. The summed E-state index contributed by atoms with van der Waals surface area (Å²) in [6, 6.07) is 11.1. The Labute approximate surface area is 138 Å². The predicted octanol–water partition coefficient (Wildman–Crippen LogP) is 4.74. The fourth-order valence-electron chi connectivity index (χ4n) is 2.66.